The first kappa shape index (κ1) is 9.97. The summed E-state index contributed by atoms with van der Waals surface area (Å²) in [6.07, 6.45) is 0. The van der Waals surface area contributed by atoms with Crippen LogP contribution in [0, 0.1) is 0 Å². The number of hydrogen-bond acceptors (Lipinski definition) is 2. The predicted octanol–water partition coefficient (Wildman–Crippen LogP) is 1.70. The van der Waals surface area contributed by atoms with Crippen LogP contribution in [0.15, 0.2) is 24.3 Å². The van der Waals surface area contributed by atoms with Crippen molar-refractivity contribution in [2.24, 2.45) is 5.73 Å². The van der Waals surface area contributed by atoms with Crippen LogP contribution in [0.5, 0.6) is 0 Å². The van der Waals surface area contributed by atoms with Crippen LogP contribution < -0.4 is 5.73 Å². The molecule has 0 saturated carbocycles. The largest absolute Gasteiger partial charge is 0.326 e. The van der Waals surface area contributed by atoms with Crippen molar-refractivity contribution in [2.75, 3.05) is 20.1 Å². The summed E-state index contributed by atoms with van der Waals surface area (Å²) in [7, 11) is 2.10. The zero-order chi connectivity index (χ0) is 10.1. The van der Waals surface area contributed by atoms with E-state index in [0.717, 1.165) is 18.1 Å². The smallest absolute Gasteiger partial charge is 0.0408 e. The minimum atomic E-state index is 0.235. The number of nitrogens with two attached hydrogens (primary N) is 1. The summed E-state index contributed by atoms with van der Waals surface area (Å²) in [5, 5.41) is 0.796. The molecule has 2 rings (SSSR count). The number of halogens is 1. The van der Waals surface area contributed by atoms with Gasteiger partial charge in [0.15, 0.2) is 0 Å². The molecule has 2 atom stereocenters. The zero-order valence-electron chi connectivity index (χ0n) is 8.28. The number of hydrogen-bond donors (Lipinski definition) is 1. The van der Waals surface area contributed by atoms with Crippen molar-refractivity contribution in [3.8, 4) is 0 Å². The van der Waals surface area contributed by atoms with E-state index in [-0.39, 0.29) is 6.04 Å². The second-order valence-corrected chi connectivity index (χ2v) is 4.48. The van der Waals surface area contributed by atoms with Crippen molar-refractivity contribution in [3.63, 3.8) is 0 Å². The van der Waals surface area contributed by atoms with Crippen LogP contribution in [0.4, 0.5) is 0 Å². The molecule has 1 aromatic carbocycles. The van der Waals surface area contributed by atoms with Gasteiger partial charge in [-0.2, -0.15) is 0 Å². The third kappa shape index (κ3) is 1.92. The summed E-state index contributed by atoms with van der Waals surface area (Å²) in [5.41, 5.74) is 7.33. The molecule has 1 fully saturated rings. The van der Waals surface area contributed by atoms with Crippen LogP contribution >= 0.6 is 11.6 Å². The van der Waals surface area contributed by atoms with Crippen molar-refractivity contribution in [2.45, 2.75) is 12.0 Å². The highest BCUT2D eigenvalue weighted by molar-refractivity contribution is 6.30. The highest BCUT2D eigenvalue weighted by atomic mass is 35.5. The Morgan fingerprint density at radius 2 is 2.21 bits per heavy atom. The van der Waals surface area contributed by atoms with Gasteiger partial charge in [0.05, 0.1) is 0 Å². The standard InChI is InChI=1S/C11H15ClN2/c1-14-6-10(11(13)7-14)8-3-2-4-9(12)5-8/h2-5,10-11H,6-7,13H2,1H3. The summed E-state index contributed by atoms with van der Waals surface area (Å²) in [6.45, 7) is 2.00. The van der Waals surface area contributed by atoms with E-state index in [9.17, 15) is 0 Å². The van der Waals surface area contributed by atoms with Gasteiger partial charge in [-0.3, -0.25) is 0 Å². The first-order valence-corrected chi connectivity index (χ1v) is 5.24. The van der Waals surface area contributed by atoms with E-state index in [1.807, 2.05) is 18.2 Å². The average Bonchev–Trinajstić information content (AvgIpc) is 2.45. The van der Waals surface area contributed by atoms with Crippen LogP contribution in [0.25, 0.3) is 0 Å². The SMILES string of the molecule is CN1CC(N)C(c2cccc(Cl)c2)C1. The molecule has 3 heteroatoms. The van der Waals surface area contributed by atoms with E-state index in [1.165, 1.54) is 5.56 Å². The van der Waals surface area contributed by atoms with Gasteiger partial charge in [0, 0.05) is 30.1 Å². The Morgan fingerprint density at radius 3 is 2.79 bits per heavy atom. The average molecular weight is 211 g/mol. The first-order valence-electron chi connectivity index (χ1n) is 4.86. The number of rotatable bonds is 1. The van der Waals surface area contributed by atoms with Gasteiger partial charge < -0.3 is 10.6 Å². The van der Waals surface area contributed by atoms with E-state index < -0.39 is 0 Å². The molecule has 0 bridgehead atoms. The van der Waals surface area contributed by atoms with Crippen molar-refractivity contribution >= 4 is 11.6 Å². The quantitative estimate of drug-likeness (QED) is 0.765. The molecule has 0 aromatic heterocycles. The summed E-state index contributed by atoms with van der Waals surface area (Å²) in [4.78, 5) is 2.26. The molecular weight excluding hydrogens is 196 g/mol. The molecule has 0 amide bonds. The Labute approximate surface area is 89.7 Å². The highest BCUT2D eigenvalue weighted by Crippen LogP contribution is 2.27. The monoisotopic (exact) mass is 210 g/mol. The molecule has 2 N–H and O–H groups in total. The summed E-state index contributed by atoms with van der Waals surface area (Å²) in [6, 6.07) is 8.25. The van der Waals surface area contributed by atoms with Gasteiger partial charge in [-0.05, 0) is 24.7 Å². The topological polar surface area (TPSA) is 29.3 Å². The molecule has 1 aliphatic rings. The van der Waals surface area contributed by atoms with Crippen LogP contribution in [0.2, 0.25) is 5.02 Å². The van der Waals surface area contributed by atoms with Crippen LogP contribution in [0.3, 0.4) is 0 Å². The van der Waals surface area contributed by atoms with E-state index in [2.05, 4.69) is 18.0 Å². The van der Waals surface area contributed by atoms with Crippen molar-refractivity contribution in [3.05, 3.63) is 34.9 Å². The van der Waals surface area contributed by atoms with Crippen LogP contribution in [-0.2, 0) is 0 Å². The molecule has 2 nitrogen and oxygen atoms in total. The molecule has 2 unspecified atom stereocenters. The second-order valence-electron chi connectivity index (χ2n) is 4.05. The van der Waals surface area contributed by atoms with Crippen LogP contribution in [0.1, 0.15) is 11.5 Å². The van der Waals surface area contributed by atoms with E-state index in [4.69, 9.17) is 17.3 Å². The summed E-state index contributed by atoms with van der Waals surface area (Å²) >= 11 is 5.95. The molecular formula is C11H15ClN2. The third-order valence-corrected chi connectivity index (χ3v) is 3.06. The van der Waals surface area contributed by atoms with Crippen molar-refractivity contribution in [1.29, 1.82) is 0 Å². The Hall–Kier alpha value is -0.570. The lowest BCUT2D eigenvalue weighted by Crippen LogP contribution is -2.27. The third-order valence-electron chi connectivity index (χ3n) is 2.82. The number of nitrogens with zero attached hydrogens (tertiary/aromatic N) is 1. The Morgan fingerprint density at radius 1 is 1.43 bits per heavy atom. The minimum Gasteiger partial charge on any atom is -0.326 e. The normalized spacial score (nSPS) is 28.2. The fourth-order valence-corrected chi connectivity index (χ4v) is 2.32. The zero-order valence-corrected chi connectivity index (χ0v) is 9.04. The van der Waals surface area contributed by atoms with Gasteiger partial charge in [-0.25, -0.2) is 0 Å². The second kappa shape index (κ2) is 3.89. The molecule has 1 heterocycles. The molecule has 1 aromatic rings. The van der Waals surface area contributed by atoms with E-state index >= 15 is 0 Å². The maximum atomic E-state index is 6.07. The van der Waals surface area contributed by atoms with Gasteiger partial charge in [0.1, 0.15) is 0 Å². The Balaban J connectivity index is 2.23. The van der Waals surface area contributed by atoms with E-state index in [0.29, 0.717) is 5.92 Å². The van der Waals surface area contributed by atoms with Gasteiger partial charge >= 0.3 is 0 Å². The predicted molar refractivity (Wildman–Crippen MR) is 59.7 cm³/mol. The molecule has 0 radical (unpaired) electrons. The maximum absolute atomic E-state index is 6.07. The van der Waals surface area contributed by atoms with Gasteiger partial charge in [-0.15, -0.1) is 0 Å². The van der Waals surface area contributed by atoms with Gasteiger partial charge in [0.25, 0.3) is 0 Å². The fraction of sp³-hybridized carbons (Fsp3) is 0.455. The minimum absolute atomic E-state index is 0.235. The number of benzene rings is 1. The highest BCUT2D eigenvalue weighted by Gasteiger charge is 2.28. The lowest BCUT2D eigenvalue weighted by atomic mass is 9.95. The van der Waals surface area contributed by atoms with Crippen molar-refractivity contribution in [1.82, 2.24) is 4.90 Å². The van der Waals surface area contributed by atoms with Crippen molar-refractivity contribution < 1.29 is 0 Å². The van der Waals surface area contributed by atoms with E-state index in [1.54, 1.807) is 0 Å². The van der Waals surface area contributed by atoms with Crippen LogP contribution in [-0.4, -0.2) is 31.1 Å². The molecule has 0 spiro atoms. The Bertz CT molecular complexity index is 327. The molecule has 1 aliphatic heterocycles. The first-order chi connectivity index (χ1) is 6.66. The summed E-state index contributed by atoms with van der Waals surface area (Å²) < 4.78 is 0. The molecule has 14 heavy (non-hydrogen) atoms. The van der Waals surface area contributed by atoms with Gasteiger partial charge in [-0.1, -0.05) is 23.7 Å². The number of likely N-dealkylation sites (tertiary alicyclic amines) is 1. The molecule has 0 aliphatic carbocycles. The summed E-state index contributed by atoms with van der Waals surface area (Å²) in [5.74, 6) is 0.429. The fourth-order valence-electron chi connectivity index (χ4n) is 2.12. The Kier molecular flexibility index (Phi) is 2.77. The lowest BCUT2D eigenvalue weighted by Gasteiger charge is -2.14. The lowest BCUT2D eigenvalue weighted by molar-refractivity contribution is 0.407. The molecule has 1 saturated heterocycles. The van der Waals surface area contributed by atoms with Gasteiger partial charge in [0.2, 0.25) is 0 Å². The molecule has 76 valence electrons. The maximum Gasteiger partial charge on any atom is 0.0408 e. The number of likely N-dealkylation sites (N-methyl/N-ethyl adjacent to an activating group) is 1.